The zero-order chi connectivity index (χ0) is 37.7. The van der Waals surface area contributed by atoms with Crippen molar-refractivity contribution in [2.75, 3.05) is 51.4 Å². The Hall–Kier alpha value is -4.44. The number of anilines is 1. The van der Waals surface area contributed by atoms with Gasteiger partial charge in [-0.2, -0.15) is 0 Å². The summed E-state index contributed by atoms with van der Waals surface area (Å²) in [5.41, 5.74) is 5.80. The number of ether oxygens (including phenoxy) is 3. The SMILES string of the molecule is CC(C)C(=O)NC(C(=O)N[C@H](CCCNC(N)=O)C(=O)Nc1ccc(COC(=O)NCCOCCOCCNC(=O)C(C)(C)C)cc1)C(C)C. The van der Waals surface area contributed by atoms with Crippen molar-refractivity contribution < 1.29 is 43.0 Å². The van der Waals surface area contributed by atoms with Crippen molar-refractivity contribution in [1.29, 1.82) is 0 Å². The number of carbonyl (C=O) groups is 6. The lowest BCUT2D eigenvalue weighted by Gasteiger charge is -2.26. The predicted octanol–water partition coefficient (Wildman–Crippen LogP) is 1.78. The summed E-state index contributed by atoms with van der Waals surface area (Å²) in [6.07, 6.45) is -0.0740. The quantitative estimate of drug-likeness (QED) is 0.0870. The molecule has 1 rings (SSSR count). The minimum Gasteiger partial charge on any atom is -0.445 e. The van der Waals surface area contributed by atoms with Crippen LogP contribution in [0.25, 0.3) is 0 Å². The highest BCUT2D eigenvalue weighted by Gasteiger charge is 2.29. The van der Waals surface area contributed by atoms with Gasteiger partial charge in [0.1, 0.15) is 18.7 Å². The van der Waals surface area contributed by atoms with E-state index in [9.17, 15) is 28.8 Å². The zero-order valence-corrected chi connectivity index (χ0v) is 30.4. The highest BCUT2D eigenvalue weighted by Crippen LogP contribution is 2.13. The fourth-order valence-electron chi connectivity index (χ4n) is 4.07. The molecule has 0 saturated heterocycles. The van der Waals surface area contributed by atoms with Gasteiger partial charge in [0.15, 0.2) is 0 Å². The maximum atomic E-state index is 13.2. The first-order valence-electron chi connectivity index (χ1n) is 16.9. The molecular formula is C34H57N7O9. The van der Waals surface area contributed by atoms with Crippen LogP contribution in [0.3, 0.4) is 0 Å². The van der Waals surface area contributed by atoms with E-state index in [0.717, 1.165) is 0 Å². The number of hydrogen-bond donors (Lipinski definition) is 7. The molecule has 16 heteroatoms. The van der Waals surface area contributed by atoms with Gasteiger partial charge < -0.3 is 51.8 Å². The fourth-order valence-corrected chi connectivity index (χ4v) is 4.07. The van der Waals surface area contributed by atoms with Gasteiger partial charge in [-0.25, -0.2) is 9.59 Å². The van der Waals surface area contributed by atoms with Crippen LogP contribution in [0.1, 0.15) is 66.9 Å². The first-order chi connectivity index (χ1) is 23.5. The van der Waals surface area contributed by atoms with E-state index >= 15 is 0 Å². The third-order valence-electron chi connectivity index (χ3n) is 7.07. The van der Waals surface area contributed by atoms with Gasteiger partial charge in [0.05, 0.1) is 26.4 Å². The van der Waals surface area contributed by atoms with Gasteiger partial charge in [-0.15, -0.1) is 0 Å². The van der Waals surface area contributed by atoms with E-state index in [-0.39, 0.29) is 56.4 Å². The number of primary amides is 1. The van der Waals surface area contributed by atoms with Crippen LogP contribution in [0.15, 0.2) is 24.3 Å². The van der Waals surface area contributed by atoms with Crippen molar-refractivity contribution in [2.24, 2.45) is 23.0 Å². The monoisotopic (exact) mass is 707 g/mol. The molecule has 0 aliphatic carbocycles. The van der Waals surface area contributed by atoms with Crippen molar-refractivity contribution in [1.82, 2.24) is 26.6 Å². The second-order valence-corrected chi connectivity index (χ2v) is 13.3. The Morgan fingerprint density at radius 2 is 1.34 bits per heavy atom. The molecule has 1 aromatic carbocycles. The number of alkyl carbamates (subject to hydrolysis) is 1. The maximum Gasteiger partial charge on any atom is 0.407 e. The number of hydrogen-bond acceptors (Lipinski definition) is 9. The minimum absolute atomic E-state index is 0.00918. The number of nitrogens with two attached hydrogens (primary N) is 1. The summed E-state index contributed by atoms with van der Waals surface area (Å²) < 4.78 is 16.1. The molecule has 0 aliphatic heterocycles. The number of rotatable bonds is 22. The van der Waals surface area contributed by atoms with Crippen molar-refractivity contribution in [2.45, 2.75) is 80.0 Å². The Kier molecular flexibility index (Phi) is 20.1. The lowest BCUT2D eigenvalue weighted by atomic mass is 9.96. The molecule has 0 aromatic heterocycles. The molecule has 50 heavy (non-hydrogen) atoms. The highest BCUT2D eigenvalue weighted by atomic mass is 16.5. The molecule has 282 valence electrons. The van der Waals surface area contributed by atoms with Crippen molar-refractivity contribution in [3.05, 3.63) is 29.8 Å². The first kappa shape index (κ1) is 43.6. The summed E-state index contributed by atoms with van der Waals surface area (Å²) in [7, 11) is 0. The molecule has 7 amide bonds. The van der Waals surface area contributed by atoms with Crippen LogP contribution in [0.5, 0.6) is 0 Å². The van der Waals surface area contributed by atoms with Crippen LogP contribution in [-0.2, 0) is 40.0 Å². The standard InChI is InChI=1S/C34H57N7O9/c1-22(2)27(41-28(42)23(3)4)30(44)40-26(9-8-14-37-32(35)46)29(43)39-25-12-10-24(11-13-25)21-50-33(47)38-16-18-49-20-19-48-17-15-36-31(45)34(5,6)7/h10-13,22-23,26-27H,8-9,14-21H2,1-7H3,(H,36,45)(H,38,47)(H,39,43)(H,40,44)(H,41,42)(H3,35,37,46)/t26-,27?/m1/s1. The van der Waals surface area contributed by atoms with Gasteiger partial charge in [0, 0.05) is 36.7 Å². The van der Waals surface area contributed by atoms with Crippen LogP contribution in [-0.4, -0.2) is 93.9 Å². The van der Waals surface area contributed by atoms with E-state index < -0.39 is 41.4 Å². The van der Waals surface area contributed by atoms with E-state index in [0.29, 0.717) is 44.0 Å². The Labute approximate surface area is 295 Å². The second-order valence-electron chi connectivity index (χ2n) is 13.3. The summed E-state index contributed by atoms with van der Waals surface area (Å²) in [5.74, 6) is -1.87. The molecule has 0 bridgehead atoms. The van der Waals surface area contributed by atoms with E-state index in [1.165, 1.54) is 0 Å². The van der Waals surface area contributed by atoms with Crippen LogP contribution in [0, 0.1) is 17.3 Å². The third kappa shape index (κ3) is 18.9. The maximum absolute atomic E-state index is 13.2. The van der Waals surface area contributed by atoms with Crippen LogP contribution >= 0.6 is 0 Å². The van der Waals surface area contributed by atoms with E-state index in [4.69, 9.17) is 19.9 Å². The van der Waals surface area contributed by atoms with E-state index in [2.05, 4.69) is 31.9 Å². The molecule has 0 heterocycles. The molecule has 0 radical (unpaired) electrons. The van der Waals surface area contributed by atoms with Gasteiger partial charge >= 0.3 is 12.1 Å². The van der Waals surface area contributed by atoms with Crippen LogP contribution in [0.4, 0.5) is 15.3 Å². The molecule has 1 aromatic rings. The van der Waals surface area contributed by atoms with Gasteiger partial charge in [-0.3, -0.25) is 19.2 Å². The Bertz CT molecular complexity index is 1230. The molecule has 8 N–H and O–H groups in total. The second kappa shape index (κ2) is 23.1. The zero-order valence-electron chi connectivity index (χ0n) is 30.4. The molecular weight excluding hydrogens is 650 g/mol. The lowest BCUT2D eigenvalue weighted by Crippen LogP contribution is -2.55. The van der Waals surface area contributed by atoms with E-state index in [1.54, 1.807) is 52.0 Å². The van der Waals surface area contributed by atoms with Crippen LogP contribution in [0.2, 0.25) is 0 Å². The topological polar surface area (TPSA) is 228 Å². The van der Waals surface area contributed by atoms with Gasteiger partial charge in [0.25, 0.3) is 0 Å². The van der Waals surface area contributed by atoms with Crippen molar-refractivity contribution >= 4 is 41.4 Å². The normalized spacial score (nSPS) is 12.4. The largest absolute Gasteiger partial charge is 0.445 e. The molecule has 0 spiro atoms. The summed E-state index contributed by atoms with van der Waals surface area (Å²) in [5, 5.41) is 16.1. The molecule has 0 aliphatic rings. The van der Waals surface area contributed by atoms with Gasteiger partial charge in [-0.1, -0.05) is 60.6 Å². The lowest BCUT2D eigenvalue weighted by molar-refractivity contribution is -0.133. The number of urea groups is 1. The highest BCUT2D eigenvalue weighted by molar-refractivity contribution is 5.98. The van der Waals surface area contributed by atoms with Crippen molar-refractivity contribution in [3.8, 4) is 0 Å². The van der Waals surface area contributed by atoms with Crippen molar-refractivity contribution in [3.63, 3.8) is 0 Å². The summed E-state index contributed by atoms with van der Waals surface area (Å²) in [4.78, 5) is 73.6. The average molecular weight is 708 g/mol. The Balaban J connectivity index is 2.51. The van der Waals surface area contributed by atoms with Gasteiger partial charge in [0.2, 0.25) is 23.6 Å². The minimum atomic E-state index is -0.967. The third-order valence-corrected chi connectivity index (χ3v) is 7.07. The Morgan fingerprint density at radius 1 is 0.740 bits per heavy atom. The summed E-state index contributed by atoms with van der Waals surface area (Å²) in [6, 6.07) is 4.12. The molecule has 0 fully saturated rings. The van der Waals surface area contributed by atoms with Gasteiger partial charge in [-0.05, 0) is 36.5 Å². The van der Waals surface area contributed by atoms with Crippen LogP contribution < -0.4 is 37.6 Å². The Morgan fingerprint density at radius 3 is 1.88 bits per heavy atom. The predicted molar refractivity (Wildman–Crippen MR) is 188 cm³/mol. The smallest absolute Gasteiger partial charge is 0.407 e. The fraction of sp³-hybridized carbons (Fsp3) is 0.647. The molecule has 16 nitrogen and oxygen atoms in total. The summed E-state index contributed by atoms with van der Waals surface area (Å²) in [6.45, 7) is 14.7. The number of carbonyl (C=O) groups excluding carboxylic acids is 6. The molecule has 0 saturated carbocycles. The number of amides is 7. The molecule has 2 atom stereocenters. The first-order valence-corrected chi connectivity index (χ1v) is 16.9. The molecule has 1 unspecified atom stereocenters. The number of nitrogens with one attached hydrogen (secondary N) is 6. The summed E-state index contributed by atoms with van der Waals surface area (Å²) >= 11 is 0. The number of benzene rings is 1. The van der Waals surface area contributed by atoms with E-state index in [1.807, 2.05) is 20.8 Å². The average Bonchev–Trinajstić information content (AvgIpc) is 3.04.